The fourth-order valence-electron chi connectivity index (χ4n) is 3.30. The van der Waals surface area contributed by atoms with Crippen LogP contribution in [0.4, 0.5) is 5.69 Å². The van der Waals surface area contributed by atoms with Gasteiger partial charge >= 0.3 is 0 Å². The summed E-state index contributed by atoms with van der Waals surface area (Å²) in [7, 11) is 0. The van der Waals surface area contributed by atoms with Gasteiger partial charge in [0, 0.05) is 17.1 Å². The van der Waals surface area contributed by atoms with Crippen LogP contribution in [0.2, 0.25) is 10.0 Å². The number of carbonyl (C=O) groups excluding carboxylic acids is 1. The van der Waals surface area contributed by atoms with Crippen LogP contribution in [0.1, 0.15) is 18.4 Å². The zero-order valence-electron chi connectivity index (χ0n) is 15.7. The smallest absolute Gasteiger partial charge is 0.248 e. The Morgan fingerprint density at radius 2 is 1.83 bits per heavy atom. The SMILES string of the molecule is O=C(Cn1nnc(-c2ccc(CN3CCCC3)cc2)n1)Nc1cc(Cl)ccc1Cl. The van der Waals surface area contributed by atoms with Gasteiger partial charge in [-0.1, -0.05) is 47.5 Å². The van der Waals surface area contributed by atoms with Gasteiger partial charge in [0.25, 0.3) is 0 Å². The highest BCUT2D eigenvalue weighted by Crippen LogP contribution is 2.25. The summed E-state index contributed by atoms with van der Waals surface area (Å²) in [5.41, 5.74) is 2.57. The lowest BCUT2D eigenvalue weighted by Gasteiger charge is -2.14. The van der Waals surface area contributed by atoms with Crippen LogP contribution in [0.15, 0.2) is 42.5 Å². The number of likely N-dealkylation sites (tertiary alicyclic amines) is 1. The van der Waals surface area contributed by atoms with Gasteiger partial charge in [0.05, 0.1) is 10.7 Å². The summed E-state index contributed by atoms with van der Waals surface area (Å²) in [5.74, 6) is 0.158. The maximum atomic E-state index is 12.3. The molecule has 0 spiro atoms. The summed E-state index contributed by atoms with van der Waals surface area (Å²) in [6, 6.07) is 13.0. The van der Waals surface area contributed by atoms with E-state index < -0.39 is 0 Å². The summed E-state index contributed by atoms with van der Waals surface area (Å²) in [6.07, 6.45) is 2.56. The number of halogens is 2. The van der Waals surface area contributed by atoms with Crippen LogP contribution < -0.4 is 5.32 Å². The lowest BCUT2D eigenvalue weighted by Crippen LogP contribution is -2.20. The molecule has 2 heterocycles. The highest BCUT2D eigenvalue weighted by atomic mass is 35.5. The third kappa shape index (κ3) is 5.12. The molecule has 7 nitrogen and oxygen atoms in total. The van der Waals surface area contributed by atoms with E-state index in [1.54, 1.807) is 18.2 Å². The molecule has 0 bridgehead atoms. The summed E-state index contributed by atoms with van der Waals surface area (Å²) >= 11 is 12.0. The summed E-state index contributed by atoms with van der Waals surface area (Å²) in [6.45, 7) is 3.22. The molecule has 1 N–H and O–H groups in total. The molecule has 4 rings (SSSR count). The zero-order chi connectivity index (χ0) is 20.2. The van der Waals surface area contributed by atoms with Crippen molar-refractivity contribution in [2.24, 2.45) is 0 Å². The van der Waals surface area contributed by atoms with Gasteiger partial charge in [0.2, 0.25) is 11.7 Å². The number of aromatic nitrogens is 4. The topological polar surface area (TPSA) is 75.9 Å². The predicted molar refractivity (Wildman–Crippen MR) is 113 cm³/mol. The van der Waals surface area contributed by atoms with Gasteiger partial charge in [-0.05, 0) is 54.9 Å². The summed E-state index contributed by atoms with van der Waals surface area (Å²) < 4.78 is 0. The Kier molecular flexibility index (Phi) is 6.08. The van der Waals surface area contributed by atoms with Crippen LogP contribution in [0.5, 0.6) is 0 Å². The van der Waals surface area contributed by atoms with Crippen molar-refractivity contribution in [3.8, 4) is 11.4 Å². The second-order valence-corrected chi connectivity index (χ2v) is 7.84. The molecule has 0 saturated carbocycles. The number of nitrogens with zero attached hydrogens (tertiary/aromatic N) is 5. The fraction of sp³-hybridized carbons (Fsp3) is 0.300. The Morgan fingerprint density at radius 3 is 2.59 bits per heavy atom. The van der Waals surface area contributed by atoms with Crippen LogP contribution >= 0.6 is 23.2 Å². The molecule has 1 aliphatic rings. The molecule has 1 aliphatic heterocycles. The highest BCUT2D eigenvalue weighted by molar-refractivity contribution is 6.35. The molecule has 0 atom stereocenters. The van der Waals surface area contributed by atoms with Crippen LogP contribution in [0.3, 0.4) is 0 Å². The number of rotatable bonds is 6. The number of tetrazole rings is 1. The monoisotopic (exact) mass is 430 g/mol. The van der Waals surface area contributed by atoms with E-state index in [0.717, 1.165) is 12.1 Å². The first-order valence-electron chi connectivity index (χ1n) is 9.41. The van der Waals surface area contributed by atoms with Crippen LogP contribution in [0.25, 0.3) is 11.4 Å². The lowest BCUT2D eigenvalue weighted by molar-refractivity contribution is -0.117. The molecule has 9 heteroatoms. The number of anilines is 1. The van der Waals surface area contributed by atoms with Crippen molar-refractivity contribution in [2.45, 2.75) is 25.9 Å². The van der Waals surface area contributed by atoms with Crippen molar-refractivity contribution in [3.05, 3.63) is 58.1 Å². The number of nitrogens with one attached hydrogen (secondary N) is 1. The van der Waals surface area contributed by atoms with E-state index in [-0.39, 0.29) is 12.5 Å². The largest absolute Gasteiger partial charge is 0.323 e. The van der Waals surface area contributed by atoms with Gasteiger partial charge < -0.3 is 5.32 Å². The average molecular weight is 431 g/mol. The van der Waals surface area contributed by atoms with E-state index in [4.69, 9.17) is 23.2 Å². The van der Waals surface area contributed by atoms with Crippen molar-refractivity contribution in [1.82, 2.24) is 25.1 Å². The first-order valence-corrected chi connectivity index (χ1v) is 10.2. The Labute approximate surface area is 178 Å². The number of hydrogen-bond donors (Lipinski definition) is 1. The minimum Gasteiger partial charge on any atom is -0.323 e. The molecule has 0 unspecified atom stereocenters. The fourth-order valence-corrected chi connectivity index (χ4v) is 3.63. The highest BCUT2D eigenvalue weighted by Gasteiger charge is 2.13. The maximum Gasteiger partial charge on any atom is 0.248 e. The second kappa shape index (κ2) is 8.90. The summed E-state index contributed by atoms with van der Waals surface area (Å²) in [4.78, 5) is 16.0. The molecule has 150 valence electrons. The van der Waals surface area contributed by atoms with E-state index in [2.05, 4.69) is 37.8 Å². The predicted octanol–water partition coefficient (Wildman–Crippen LogP) is 3.88. The molecule has 0 aliphatic carbocycles. The Morgan fingerprint density at radius 1 is 1.07 bits per heavy atom. The van der Waals surface area contributed by atoms with Gasteiger partial charge in [-0.3, -0.25) is 9.69 Å². The number of hydrogen-bond acceptors (Lipinski definition) is 5. The number of carbonyl (C=O) groups is 1. The molecular formula is C20H20Cl2N6O. The van der Waals surface area contributed by atoms with E-state index in [0.29, 0.717) is 21.6 Å². The average Bonchev–Trinajstić information content (AvgIpc) is 3.37. The molecular weight excluding hydrogens is 411 g/mol. The Balaban J connectivity index is 1.37. The van der Waals surface area contributed by atoms with Gasteiger partial charge in [0.15, 0.2) is 0 Å². The molecule has 3 aromatic rings. The van der Waals surface area contributed by atoms with Gasteiger partial charge in [-0.2, -0.15) is 4.80 Å². The van der Waals surface area contributed by atoms with Crippen molar-refractivity contribution in [2.75, 3.05) is 18.4 Å². The third-order valence-corrected chi connectivity index (χ3v) is 5.32. The number of amides is 1. The summed E-state index contributed by atoms with van der Waals surface area (Å²) in [5, 5.41) is 15.9. The third-order valence-electron chi connectivity index (χ3n) is 4.76. The molecule has 29 heavy (non-hydrogen) atoms. The minimum absolute atomic E-state index is 0.0805. The lowest BCUT2D eigenvalue weighted by atomic mass is 10.1. The molecule has 1 amide bonds. The first-order chi connectivity index (χ1) is 14.1. The van der Waals surface area contributed by atoms with Gasteiger partial charge in [0.1, 0.15) is 6.54 Å². The van der Waals surface area contributed by atoms with E-state index in [1.807, 2.05) is 12.1 Å². The van der Waals surface area contributed by atoms with Crippen molar-refractivity contribution < 1.29 is 4.79 Å². The Bertz CT molecular complexity index is 998. The molecule has 0 radical (unpaired) electrons. The van der Waals surface area contributed by atoms with E-state index in [9.17, 15) is 4.79 Å². The van der Waals surface area contributed by atoms with Crippen molar-refractivity contribution in [1.29, 1.82) is 0 Å². The van der Waals surface area contributed by atoms with Crippen LogP contribution in [0, 0.1) is 0 Å². The van der Waals surface area contributed by atoms with Crippen molar-refractivity contribution in [3.63, 3.8) is 0 Å². The first kappa shape index (κ1) is 19.8. The molecule has 1 saturated heterocycles. The quantitative estimate of drug-likeness (QED) is 0.641. The van der Waals surface area contributed by atoms with Crippen LogP contribution in [-0.2, 0) is 17.9 Å². The number of benzene rings is 2. The minimum atomic E-state index is -0.320. The Hall–Kier alpha value is -2.48. The molecule has 2 aromatic carbocycles. The second-order valence-electron chi connectivity index (χ2n) is 7.00. The maximum absolute atomic E-state index is 12.3. The zero-order valence-corrected chi connectivity index (χ0v) is 17.2. The molecule has 1 fully saturated rings. The van der Waals surface area contributed by atoms with E-state index in [1.165, 1.54) is 36.3 Å². The van der Waals surface area contributed by atoms with Crippen LogP contribution in [-0.4, -0.2) is 44.1 Å². The standard InChI is InChI=1S/C20H20Cl2N6O/c21-16-7-8-17(22)18(11-16)23-19(29)13-28-25-20(24-26-28)15-5-3-14(4-6-15)12-27-9-1-2-10-27/h3-8,11H,1-2,9-10,12-13H2,(H,23,29). The molecule has 1 aromatic heterocycles. The van der Waals surface area contributed by atoms with Gasteiger partial charge in [-0.25, -0.2) is 0 Å². The van der Waals surface area contributed by atoms with Gasteiger partial charge in [-0.15, -0.1) is 10.2 Å². The van der Waals surface area contributed by atoms with Crippen molar-refractivity contribution >= 4 is 34.8 Å². The normalized spacial score (nSPS) is 14.3. The van der Waals surface area contributed by atoms with E-state index >= 15 is 0 Å².